The molecule has 1 heterocycles. The van der Waals surface area contributed by atoms with Crippen molar-refractivity contribution in [3.8, 4) is 5.75 Å². The number of phenols is 1. The van der Waals surface area contributed by atoms with Gasteiger partial charge in [-0.3, -0.25) is 0 Å². The average molecular weight is 249 g/mol. The predicted molar refractivity (Wildman–Crippen MR) is 73.1 cm³/mol. The maximum absolute atomic E-state index is 10.5. The number of phenolic OH excluding ortho intramolecular Hbond substituents is 1. The first-order valence-corrected chi connectivity index (χ1v) is 6.82. The van der Waals surface area contributed by atoms with Gasteiger partial charge in [-0.15, -0.1) is 0 Å². The van der Waals surface area contributed by atoms with Crippen molar-refractivity contribution in [2.24, 2.45) is 0 Å². The summed E-state index contributed by atoms with van der Waals surface area (Å²) in [6, 6.07) is 4.17. The highest BCUT2D eigenvalue weighted by atomic mass is 16.5. The molecular formula is C15H23NO2. The van der Waals surface area contributed by atoms with Crippen molar-refractivity contribution in [2.45, 2.75) is 39.2 Å². The van der Waals surface area contributed by atoms with Crippen molar-refractivity contribution in [3.63, 3.8) is 0 Å². The highest BCUT2D eigenvalue weighted by molar-refractivity contribution is 5.48. The quantitative estimate of drug-likeness (QED) is 0.865. The predicted octanol–water partition coefficient (Wildman–Crippen LogP) is 2.74. The Morgan fingerprint density at radius 1 is 1.44 bits per heavy atom. The van der Waals surface area contributed by atoms with E-state index in [2.05, 4.69) is 32.2 Å². The Bertz CT molecular complexity index is 409. The molecule has 2 N–H and O–H groups in total. The van der Waals surface area contributed by atoms with Gasteiger partial charge in [0.1, 0.15) is 5.75 Å². The second-order valence-electron chi connectivity index (χ2n) is 5.15. The lowest BCUT2D eigenvalue weighted by molar-refractivity contribution is 0.0255. The molecule has 18 heavy (non-hydrogen) atoms. The smallest absolute Gasteiger partial charge is 0.124 e. The Balaban J connectivity index is 2.45. The molecule has 0 aliphatic carbocycles. The van der Waals surface area contributed by atoms with Crippen LogP contribution in [-0.4, -0.2) is 24.8 Å². The SMILES string of the molecule is CCc1ccc(C(C)C)c(C2CNCCO2)c1O. The number of hydrogen-bond donors (Lipinski definition) is 2. The van der Waals surface area contributed by atoms with Crippen LogP contribution in [0.15, 0.2) is 12.1 Å². The molecule has 0 bridgehead atoms. The standard InChI is InChI=1S/C15H23NO2/c1-4-11-5-6-12(10(2)3)14(15(11)17)13-9-16-7-8-18-13/h5-6,10,13,16-17H,4,7-9H2,1-3H3. The van der Waals surface area contributed by atoms with Gasteiger partial charge < -0.3 is 15.2 Å². The fourth-order valence-corrected chi connectivity index (χ4v) is 2.55. The first kappa shape index (κ1) is 13.4. The van der Waals surface area contributed by atoms with Gasteiger partial charge in [-0.25, -0.2) is 0 Å². The second-order valence-corrected chi connectivity index (χ2v) is 5.15. The van der Waals surface area contributed by atoms with Gasteiger partial charge in [0, 0.05) is 18.7 Å². The van der Waals surface area contributed by atoms with E-state index in [-0.39, 0.29) is 6.10 Å². The molecule has 0 radical (unpaired) electrons. The van der Waals surface area contributed by atoms with E-state index in [1.165, 1.54) is 5.56 Å². The molecule has 1 aromatic rings. The number of rotatable bonds is 3. The van der Waals surface area contributed by atoms with Crippen LogP contribution in [-0.2, 0) is 11.2 Å². The molecule has 0 amide bonds. The van der Waals surface area contributed by atoms with Crippen LogP contribution in [0.4, 0.5) is 0 Å². The van der Waals surface area contributed by atoms with E-state index in [0.717, 1.165) is 30.6 Å². The summed E-state index contributed by atoms with van der Waals surface area (Å²) in [4.78, 5) is 0. The van der Waals surface area contributed by atoms with Gasteiger partial charge in [0.2, 0.25) is 0 Å². The Morgan fingerprint density at radius 3 is 2.78 bits per heavy atom. The molecule has 1 unspecified atom stereocenters. The molecule has 0 spiro atoms. The minimum Gasteiger partial charge on any atom is -0.507 e. The molecule has 1 saturated heterocycles. The summed E-state index contributed by atoms with van der Waals surface area (Å²) in [5.74, 6) is 0.819. The van der Waals surface area contributed by atoms with Crippen LogP contribution in [0.3, 0.4) is 0 Å². The zero-order valence-electron chi connectivity index (χ0n) is 11.5. The molecular weight excluding hydrogens is 226 g/mol. The van der Waals surface area contributed by atoms with Crippen LogP contribution in [0.5, 0.6) is 5.75 Å². The summed E-state index contributed by atoms with van der Waals surface area (Å²) < 4.78 is 5.81. The van der Waals surface area contributed by atoms with Gasteiger partial charge in [0.25, 0.3) is 0 Å². The van der Waals surface area contributed by atoms with E-state index in [9.17, 15) is 5.11 Å². The summed E-state index contributed by atoms with van der Waals surface area (Å²) in [5.41, 5.74) is 3.18. The molecule has 3 heteroatoms. The fourth-order valence-electron chi connectivity index (χ4n) is 2.55. The topological polar surface area (TPSA) is 41.5 Å². The Hall–Kier alpha value is -1.06. The summed E-state index contributed by atoms with van der Waals surface area (Å²) in [7, 11) is 0. The molecule has 3 nitrogen and oxygen atoms in total. The lowest BCUT2D eigenvalue weighted by atomic mass is 9.90. The van der Waals surface area contributed by atoms with Crippen LogP contribution in [0, 0.1) is 0 Å². The molecule has 0 saturated carbocycles. The second kappa shape index (κ2) is 5.72. The third-order valence-electron chi connectivity index (χ3n) is 3.59. The third kappa shape index (κ3) is 2.52. The highest BCUT2D eigenvalue weighted by Gasteiger charge is 2.24. The third-order valence-corrected chi connectivity index (χ3v) is 3.59. The minimum atomic E-state index is -0.0253. The number of aryl methyl sites for hydroxylation is 1. The van der Waals surface area contributed by atoms with E-state index in [1.807, 2.05) is 6.07 Å². The number of aromatic hydroxyl groups is 1. The van der Waals surface area contributed by atoms with E-state index >= 15 is 0 Å². The summed E-state index contributed by atoms with van der Waals surface area (Å²) in [5, 5.41) is 13.8. The molecule has 1 aliphatic heterocycles. The number of hydrogen-bond acceptors (Lipinski definition) is 3. The minimum absolute atomic E-state index is 0.0253. The molecule has 1 fully saturated rings. The van der Waals surface area contributed by atoms with Crippen molar-refractivity contribution in [1.82, 2.24) is 5.32 Å². The van der Waals surface area contributed by atoms with Gasteiger partial charge in [-0.05, 0) is 23.5 Å². The van der Waals surface area contributed by atoms with Crippen molar-refractivity contribution < 1.29 is 9.84 Å². The monoisotopic (exact) mass is 249 g/mol. The Morgan fingerprint density at radius 2 is 2.22 bits per heavy atom. The Labute approximate surface area is 109 Å². The maximum Gasteiger partial charge on any atom is 0.124 e. The van der Waals surface area contributed by atoms with Crippen LogP contribution in [0.1, 0.15) is 49.5 Å². The molecule has 100 valence electrons. The number of nitrogens with one attached hydrogen (secondary N) is 1. The largest absolute Gasteiger partial charge is 0.507 e. The molecule has 0 aromatic heterocycles. The lowest BCUT2D eigenvalue weighted by Crippen LogP contribution is -2.34. The lowest BCUT2D eigenvalue weighted by Gasteiger charge is -2.28. The molecule has 1 aliphatic rings. The van der Waals surface area contributed by atoms with Gasteiger partial charge in [0.15, 0.2) is 0 Å². The fraction of sp³-hybridized carbons (Fsp3) is 0.600. The number of morpholine rings is 1. The van der Waals surface area contributed by atoms with Gasteiger partial charge in [-0.1, -0.05) is 32.9 Å². The maximum atomic E-state index is 10.5. The summed E-state index contributed by atoms with van der Waals surface area (Å²) >= 11 is 0. The molecule has 1 aromatic carbocycles. The van der Waals surface area contributed by atoms with Crippen molar-refractivity contribution >= 4 is 0 Å². The van der Waals surface area contributed by atoms with Gasteiger partial charge in [-0.2, -0.15) is 0 Å². The summed E-state index contributed by atoms with van der Waals surface area (Å²) in [6.45, 7) is 8.74. The summed E-state index contributed by atoms with van der Waals surface area (Å²) in [6.07, 6.45) is 0.819. The van der Waals surface area contributed by atoms with E-state index in [1.54, 1.807) is 0 Å². The Kier molecular flexibility index (Phi) is 4.25. The van der Waals surface area contributed by atoms with Crippen molar-refractivity contribution in [1.29, 1.82) is 0 Å². The van der Waals surface area contributed by atoms with Crippen LogP contribution >= 0.6 is 0 Å². The van der Waals surface area contributed by atoms with Crippen molar-refractivity contribution in [2.75, 3.05) is 19.7 Å². The van der Waals surface area contributed by atoms with Crippen LogP contribution in [0.2, 0.25) is 0 Å². The highest BCUT2D eigenvalue weighted by Crippen LogP contribution is 2.37. The number of benzene rings is 1. The zero-order valence-corrected chi connectivity index (χ0v) is 11.5. The molecule has 2 rings (SSSR count). The average Bonchev–Trinajstić information content (AvgIpc) is 2.39. The van der Waals surface area contributed by atoms with E-state index < -0.39 is 0 Å². The van der Waals surface area contributed by atoms with Gasteiger partial charge in [0.05, 0.1) is 12.7 Å². The van der Waals surface area contributed by atoms with Gasteiger partial charge >= 0.3 is 0 Å². The van der Waals surface area contributed by atoms with E-state index in [4.69, 9.17) is 4.74 Å². The molecule has 1 atom stereocenters. The van der Waals surface area contributed by atoms with Crippen LogP contribution < -0.4 is 5.32 Å². The number of ether oxygens (including phenoxy) is 1. The first-order chi connectivity index (χ1) is 8.65. The zero-order chi connectivity index (χ0) is 13.1. The van der Waals surface area contributed by atoms with Crippen LogP contribution in [0.25, 0.3) is 0 Å². The first-order valence-electron chi connectivity index (χ1n) is 6.82. The normalized spacial score (nSPS) is 20.3. The van der Waals surface area contributed by atoms with Crippen molar-refractivity contribution in [3.05, 3.63) is 28.8 Å². The van der Waals surface area contributed by atoms with E-state index in [0.29, 0.717) is 18.3 Å².